The summed E-state index contributed by atoms with van der Waals surface area (Å²) in [5.74, 6) is -6.84. The highest BCUT2D eigenvalue weighted by atomic mass is 19.2. The first-order valence-electron chi connectivity index (χ1n) is 6.73. The van der Waals surface area contributed by atoms with E-state index in [0.717, 1.165) is 13.0 Å². The molecule has 0 aliphatic carbocycles. The summed E-state index contributed by atoms with van der Waals surface area (Å²) in [5.41, 5.74) is -0.712. The van der Waals surface area contributed by atoms with Crippen LogP contribution in [0.1, 0.15) is 30.6 Å². The molecule has 1 aliphatic heterocycles. The van der Waals surface area contributed by atoms with Crippen LogP contribution >= 0.6 is 0 Å². The van der Waals surface area contributed by atoms with Gasteiger partial charge in [0.15, 0.2) is 17.4 Å². The molecule has 1 fully saturated rings. The molecule has 1 aromatic carbocycles. The second-order valence-electron chi connectivity index (χ2n) is 5.39. The largest absolute Gasteiger partial charge is 0.503 e. The zero-order chi connectivity index (χ0) is 15.7. The van der Waals surface area contributed by atoms with E-state index >= 15 is 0 Å². The average molecular weight is 302 g/mol. The van der Waals surface area contributed by atoms with Crippen LogP contribution < -0.4 is 10.6 Å². The third kappa shape index (κ3) is 2.97. The van der Waals surface area contributed by atoms with Gasteiger partial charge < -0.3 is 15.7 Å². The molecule has 7 heteroatoms. The maximum absolute atomic E-state index is 13.7. The van der Waals surface area contributed by atoms with Crippen molar-refractivity contribution in [3.63, 3.8) is 0 Å². The molecule has 1 aromatic rings. The first-order valence-corrected chi connectivity index (χ1v) is 6.73. The van der Waals surface area contributed by atoms with Crippen molar-refractivity contribution in [3.05, 3.63) is 29.1 Å². The standard InChI is InChI=1S/C14H17F3N2O2/c1-6-3-4-18-7(2)12(6)19-14(21)8-5-9(15)11(17)13(20)10(8)16/h5-7,12,18,20H,3-4H2,1-2H3,(H,19,21). The lowest BCUT2D eigenvalue weighted by atomic mass is 9.89. The van der Waals surface area contributed by atoms with Gasteiger partial charge >= 0.3 is 0 Å². The Bertz CT molecular complexity index is 556. The lowest BCUT2D eigenvalue weighted by Crippen LogP contribution is -2.56. The quantitative estimate of drug-likeness (QED) is 0.732. The molecule has 3 N–H and O–H groups in total. The van der Waals surface area contributed by atoms with Crippen LogP contribution in [-0.4, -0.2) is 29.6 Å². The Morgan fingerprint density at radius 2 is 2.00 bits per heavy atom. The molecule has 3 unspecified atom stereocenters. The van der Waals surface area contributed by atoms with E-state index in [1.165, 1.54) is 0 Å². The number of halogens is 3. The van der Waals surface area contributed by atoms with Crippen molar-refractivity contribution < 1.29 is 23.1 Å². The molecule has 1 heterocycles. The van der Waals surface area contributed by atoms with Crippen molar-refractivity contribution in [2.24, 2.45) is 5.92 Å². The smallest absolute Gasteiger partial charge is 0.254 e. The number of benzene rings is 1. The van der Waals surface area contributed by atoms with Crippen LogP contribution in [0.4, 0.5) is 13.2 Å². The average Bonchev–Trinajstić information content (AvgIpc) is 2.44. The maximum atomic E-state index is 13.7. The zero-order valence-corrected chi connectivity index (χ0v) is 11.7. The minimum atomic E-state index is -1.70. The van der Waals surface area contributed by atoms with Crippen molar-refractivity contribution in [1.29, 1.82) is 0 Å². The first kappa shape index (κ1) is 15.6. The molecule has 0 saturated carbocycles. The van der Waals surface area contributed by atoms with Gasteiger partial charge in [-0.15, -0.1) is 0 Å². The van der Waals surface area contributed by atoms with E-state index in [4.69, 9.17) is 5.11 Å². The van der Waals surface area contributed by atoms with Crippen LogP contribution in [0.25, 0.3) is 0 Å². The number of hydrogen-bond acceptors (Lipinski definition) is 3. The molecule has 2 rings (SSSR count). The van der Waals surface area contributed by atoms with Gasteiger partial charge in [0.25, 0.3) is 5.91 Å². The molecule has 0 spiro atoms. The molecule has 1 aliphatic rings. The molecule has 0 aromatic heterocycles. The van der Waals surface area contributed by atoms with Crippen LogP contribution in [0.15, 0.2) is 6.07 Å². The Morgan fingerprint density at radius 3 is 2.62 bits per heavy atom. The minimum absolute atomic E-state index is 0.0281. The lowest BCUT2D eigenvalue weighted by Gasteiger charge is -2.36. The number of hydrogen-bond donors (Lipinski definition) is 3. The third-order valence-corrected chi connectivity index (χ3v) is 3.89. The van der Waals surface area contributed by atoms with Crippen LogP contribution in [0.5, 0.6) is 5.75 Å². The summed E-state index contributed by atoms with van der Waals surface area (Å²) in [4.78, 5) is 12.1. The molecule has 1 saturated heterocycles. The molecule has 0 bridgehead atoms. The second kappa shape index (κ2) is 5.93. The van der Waals surface area contributed by atoms with E-state index < -0.39 is 34.7 Å². The van der Waals surface area contributed by atoms with Crippen molar-refractivity contribution in [1.82, 2.24) is 10.6 Å². The summed E-state index contributed by atoms with van der Waals surface area (Å²) in [6.45, 7) is 4.63. The number of rotatable bonds is 2. The molecule has 4 nitrogen and oxygen atoms in total. The van der Waals surface area contributed by atoms with E-state index in [1.54, 1.807) is 0 Å². The summed E-state index contributed by atoms with van der Waals surface area (Å²) >= 11 is 0. The highest BCUT2D eigenvalue weighted by Gasteiger charge is 2.30. The Hall–Kier alpha value is -1.76. The second-order valence-corrected chi connectivity index (χ2v) is 5.39. The summed E-state index contributed by atoms with van der Waals surface area (Å²) in [7, 11) is 0. The highest BCUT2D eigenvalue weighted by molar-refractivity contribution is 5.95. The van der Waals surface area contributed by atoms with Crippen LogP contribution in [0.3, 0.4) is 0 Å². The van der Waals surface area contributed by atoms with Crippen LogP contribution in [-0.2, 0) is 0 Å². The minimum Gasteiger partial charge on any atom is -0.503 e. The Morgan fingerprint density at radius 1 is 1.33 bits per heavy atom. The number of piperidine rings is 1. The number of carbonyl (C=O) groups excluding carboxylic acids is 1. The number of amides is 1. The van der Waals surface area contributed by atoms with Crippen molar-refractivity contribution in [2.45, 2.75) is 32.4 Å². The van der Waals surface area contributed by atoms with E-state index in [-0.39, 0.29) is 18.0 Å². The van der Waals surface area contributed by atoms with Gasteiger partial charge in [0.2, 0.25) is 5.82 Å². The summed E-state index contributed by atoms with van der Waals surface area (Å²) in [6, 6.07) is 0.159. The molecule has 116 valence electrons. The van der Waals surface area contributed by atoms with Gasteiger partial charge in [0.05, 0.1) is 5.56 Å². The van der Waals surface area contributed by atoms with Gasteiger partial charge in [0, 0.05) is 12.1 Å². The van der Waals surface area contributed by atoms with Gasteiger partial charge in [0.1, 0.15) is 0 Å². The number of nitrogens with one attached hydrogen (secondary N) is 2. The SMILES string of the molecule is CC1CCNC(C)C1NC(=O)c1cc(F)c(F)c(O)c1F. The van der Waals surface area contributed by atoms with E-state index in [1.807, 2.05) is 13.8 Å². The molecular weight excluding hydrogens is 285 g/mol. The van der Waals surface area contributed by atoms with Crippen molar-refractivity contribution in [3.8, 4) is 5.75 Å². The van der Waals surface area contributed by atoms with Crippen molar-refractivity contribution in [2.75, 3.05) is 6.54 Å². The molecule has 3 atom stereocenters. The van der Waals surface area contributed by atoms with Gasteiger partial charge in [-0.3, -0.25) is 4.79 Å². The Kier molecular flexibility index (Phi) is 4.41. The fourth-order valence-corrected chi connectivity index (χ4v) is 2.59. The van der Waals surface area contributed by atoms with Gasteiger partial charge in [-0.1, -0.05) is 6.92 Å². The topological polar surface area (TPSA) is 61.4 Å². The van der Waals surface area contributed by atoms with Crippen LogP contribution in [0, 0.1) is 23.4 Å². The van der Waals surface area contributed by atoms with Crippen LogP contribution in [0.2, 0.25) is 0 Å². The van der Waals surface area contributed by atoms with E-state index in [9.17, 15) is 18.0 Å². The van der Waals surface area contributed by atoms with E-state index in [0.29, 0.717) is 6.07 Å². The first-order chi connectivity index (χ1) is 9.82. The number of phenolic OH excluding ortho intramolecular Hbond substituents is 1. The normalized spacial score (nSPS) is 25.7. The van der Waals surface area contributed by atoms with Gasteiger partial charge in [-0.2, -0.15) is 4.39 Å². The van der Waals surface area contributed by atoms with Crippen molar-refractivity contribution >= 4 is 5.91 Å². The summed E-state index contributed by atoms with van der Waals surface area (Å²) in [5, 5.41) is 14.9. The number of phenols is 1. The lowest BCUT2D eigenvalue weighted by molar-refractivity contribution is 0.0891. The van der Waals surface area contributed by atoms with E-state index in [2.05, 4.69) is 10.6 Å². The fourth-order valence-electron chi connectivity index (χ4n) is 2.59. The third-order valence-electron chi connectivity index (χ3n) is 3.89. The summed E-state index contributed by atoms with van der Waals surface area (Å²) in [6.07, 6.45) is 0.834. The predicted molar refractivity (Wildman–Crippen MR) is 70.5 cm³/mol. The van der Waals surface area contributed by atoms with Gasteiger partial charge in [-0.25, -0.2) is 8.78 Å². The predicted octanol–water partition coefficient (Wildman–Crippen LogP) is 1.93. The number of aromatic hydroxyl groups is 1. The molecule has 1 amide bonds. The number of carbonyl (C=O) groups is 1. The summed E-state index contributed by atoms with van der Waals surface area (Å²) < 4.78 is 39.9. The van der Waals surface area contributed by atoms with Gasteiger partial charge in [-0.05, 0) is 31.9 Å². The monoisotopic (exact) mass is 302 g/mol. The Labute approximate surface area is 120 Å². The maximum Gasteiger partial charge on any atom is 0.254 e. The molecule has 0 radical (unpaired) electrons. The zero-order valence-electron chi connectivity index (χ0n) is 11.7. The Balaban J connectivity index is 2.25. The highest BCUT2D eigenvalue weighted by Crippen LogP contribution is 2.26. The molecule has 21 heavy (non-hydrogen) atoms. The fraction of sp³-hybridized carbons (Fsp3) is 0.500. The molecular formula is C14H17F3N2O2.